The standard InChI is InChI=1S/C12H18N2O2S/c1-2-7-17(15,16)14-11-8-10-5-3-4-6-12(10)13-9-11/h3-6,11,13-14H,2,7-9H2,1H3. The van der Waals surface area contributed by atoms with Gasteiger partial charge in [-0.2, -0.15) is 0 Å². The average Bonchev–Trinajstić information content (AvgIpc) is 2.28. The predicted octanol–water partition coefficient (Wildman–Crippen LogP) is 1.35. The predicted molar refractivity (Wildman–Crippen MR) is 69.6 cm³/mol. The van der Waals surface area contributed by atoms with Gasteiger partial charge in [-0.25, -0.2) is 13.1 Å². The number of rotatable bonds is 4. The highest BCUT2D eigenvalue weighted by atomic mass is 32.2. The number of anilines is 1. The monoisotopic (exact) mass is 254 g/mol. The van der Waals surface area contributed by atoms with E-state index in [1.807, 2.05) is 31.2 Å². The fraction of sp³-hybridized carbons (Fsp3) is 0.500. The van der Waals surface area contributed by atoms with Crippen LogP contribution in [0.1, 0.15) is 18.9 Å². The molecule has 0 amide bonds. The highest BCUT2D eigenvalue weighted by molar-refractivity contribution is 7.89. The van der Waals surface area contributed by atoms with Gasteiger partial charge >= 0.3 is 0 Å². The van der Waals surface area contributed by atoms with Crippen LogP contribution >= 0.6 is 0 Å². The van der Waals surface area contributed by atoms with Crippen LogP contribution < -0.4 is 10.0 Å². The van der Waals surface area contributed by atoms with Crippen LogP contribution in [-0.2, 0) is 16.4 Å². The summed E-state index contributed by atoms with van der Waals surface area (Å²) in [5, 5.41) is 3.25. The van der Waals surface area contributed by atoms with E-state index in [0.29, 0.717) is 13.0 Å². The van der Waals surface area contributed by atoms with Crippen LogP contribution in [0.2, 0.25) is 0 Å². The molecule has 0 aliphatic carbocycles. The SMILES string of the molecule is CCCS(=O)(=O)NC1CNc2ccccc2C1. The van der Waals surface area contributed by atoms with E-state index in [0.717, 1.165) is 12.1 Å². The molecule has 1 aliphatic rings. The molecule has 0 spiro atoms. The van der Waals surface area contributed by atoms with Crippen LogP contribution in [0.3, 0.4) is 0 Å². The lowest BCUT2D eigenvalue weighted by Gasteiger charge is -2.26. The molecule has 4 nitrogen and oxygen atoms in total. The van der Waals surface area contributed by atoms with Gasteiger partial charge in [0.05, 0.1) is 5.75 Å². The van der Waals surface area contributed by atoms with E-state index in [1.54, 1.807) is 0 Å². The van der Waals surface area contributed by atoms with Gasteiger partial charge in [-0.05, 0) is 24.5 Å². The van der Waals surface area contributed by atoms with Crippen molar-refractivity contribution in [3.05, 3.63) is 29.8 Å². The van der Waals surface area contributed by atoms with E-state index in [1.165, 1.54) is 5.56 Å². The number of nitrogens with one attached hydrogen (secondary N) is 2. The van der Waals surface area contributed by atoms with Crippen LogP contribution in [0, 0.1) is 0 Å². The van der Waals surface area contributed by atoms with Crippen molar-refractivity contribution in [2.45, 2.75) is 25.8 Å². The molecule has 1 aromatic rings. The molecule has 1 atom stereocenters. The Balaban J connectivity index is 2.04. The maximum absolute atomic E-state index is 11.7. The molecule has 0 saturated carbocycles. The summed E-state index contributed by atoms with van der Waals surface area (Å²) >= 11 is 0. The Morgan fingerprint density at radius 2 is 2.18 bits per heavy atom. The molecule has 0 fully saturated rings. The van der Waals surface area contributed by atoms with Crippen LogP contribution in [0.4, 0.5) is 5.69 Å². The summed E-state index contributed by atoms with van der Waals surface area (Å²) < 4.78 is 26.1. The number of sulfonamides is 1. The first kappa shape index (κ1) is 12.4. The van der Waals surface area contributed by atoms with E-state index >= 15 is 0 Å². The minimum atomic E-state index is -3.12. The molecule has 1 aromatic carbocycles. The Morgan fingerprint density at radius 3 is 2.94 bits per heavy atom. The molecule has 1 aliphatic heterocycles. The number of hydrogen-bond donors (Lipinski definition) is 2. The Hall–Kier alpha value is -1.07. The smallest absolute Gasteiger partial charge is 0.211 e. The molecule has 2 N–H and O–H groups in total. The zero-order chi connectivity index (χ0) is 12.3. The van der Waals surface area contributed by atoms with Crippen molar-refractivity contribution in [2.75, 3.05) is 17.6 Å². The van der Waals surface area contributed by atoms with Gasteiger partial charge in [0.15, 0.2) is 0 Å². The minimum Gasteiger partial charge on any atom is -0.383 e. The molecule has 0 saturated heterocycles. The normalized spacial score (nSPS) is 19.5. The van der Waals surface area contributed by atoms with Crippen molar-refractivity contribution < 1.29 is 8.42 Å². The highest BCUT2D eigenvalue weighted by Crippen LogP contribution is 2.21. The van der Waals surface area contributed by atoms with Crippen molar-refractivity contribution in [1.29, 1.82) is 0 Å². The summed E-state index contributed by atoms with van der Waals surface area (Å²) in [7, 11) is -3.12. The average molecular weight is 254 g/mol. The third kappa shape index (κ3) is 3.20. The van der Waals surface area contributed by atoms with E-state index in [9.17, 15) is 8.42 Å². The van der Waals surface area contributed by atoms with E-state index < -0.39 is 10.0 Å². The second-order valence-electron chi connectivity index (χ2n) is 4.38. The van der Waals surface area contributed by atoms with Gasteiger partial charge in [0, 0.05) is 18.3 Å². The van der Waals surface area contributed by atoms with Crippen LogP contribution in [0.5, 0.6) is 0 Å². The van der Waals surface area contributed by atoms with Crippen molar-refractivity contribution >= 4 is 15.7 Å². The zero-order valence-electron chi connectivity index (χ0n) is 9.94. The summed E-state index contributed by atoms with van der Waals surface area (Å²) in [6.45, 7) is 2.52. The maximum Gasteiger partial charge on any atom is 0.211 e. The molecule has 1 heterocycles. The molecule has 0 radical (unpaired) electrons. The topological polar surface area (TPSA) is 58.2 Å². The van der Waals surface area contributed by atoms with Gasteiger partial charge in [-0.3, -0.25) is 0 Å². The Morgan fingerprint density at radius 1 is 1.41 bits per heavy atom. The van der Waals surface area contributed by atoms with Gasteiger partial charge < -0.3 is 5.32 Å². The van der Waals surface area contributed by atoms with Gasteiger partial charge in [-0.15, -0.1) is 0 Å². The first-order valence-electron chi connectivity index (χ1n) is 5.92. The second kappa shape index (κ2) is 5.06. The summed E-state index contributed by atoms with van der Waals surface area (Å²) in [4.78, 5) is 0. The number of hydrogen-bond acceptors (Lipinski definition) is 3. The first-order chi connectivity index (χ1) is 8.11. The number of para-hydroxylation sites is 1. The summed E-state index contributed by atoms with van der Waals surface area (Å²) in [6.07, 6.45) is 1.40. The first-order valence-corrected chi connectivity index (χ1v) is 7.58. The zero-order valence-corrected chi connectivity index (χ0v) is 10.8. The van der Waals surface area contributed by atoms with Gasteiger partial charge in [0.2, 0.25) is 10.0 Å². The van der Waals surface area contributed by atoms with Crippen molar-refractivity contribution in [3.63, 3.8) is 0 Å². The lowest BCUT2D eigenvalue weighted by Crippen LogP contribution is -2.44. The number of fused-ring (bicyclic) bond motifs is 1. The van der Waals surface area contributed by atoms with Gasteiger partial charge in [0.1, 0.15) is 0 Å². The molecule has 1 unspecified atom stereocenters. The number of benzene rings is 1. The molecule has 17 heavy (non-hydrogen) atoms. The van der Waals surface area contributed by atoms with Crippen molar-refractivity contribution in [2.24, 2.45) is 0 Å². The highest BCUT2D eigenvalue weighted by Gasteiger charge is 2.21. The fourth-order valence-corrected chi connectivity index (χ4v) is 3.44. The lowest BCUT2D eigenvalue weighted by atomic mass is 10.0. The molecule has 2 rings (SSSR count). The Labute approximate surface area is 102 Å². The van der Waals surface area contributed by atoms with Crippen molar-refractivity contribution in [3.8, 4) is 0 Å². The van der Waals surface area contributed by atoms with Crippen LogP contribution in [0.15, 0.2) is 24.3 Å². The molecular formula is C12H18N2O2S. The quantitative estimate of drug-likeness (QED) is 0.853. The molecule has 5 heteroatoms. The minimum absolute atomic E-state index is 0.0403. The molecule has 0 bridgehead atoms. The molecule has 0 aromatic heterocycles. The fourth-order valence-electron chi connectivity index (χ4n) is 2.11. The van der Waals surface area contributed by atoms with Crippen molar-refractivity contribution in [1.82, 2.24) is 4.72 Å². The summed E-state index contributed by atoms with van der Waals surface area (Å²) in [5.41, 5.74) is 2.28. The Bertz CT molecular complexity index is 485. The van der Waals surface area contributed by atoms with E-state index in [4.69, 9.17) is 0 Å². The Kier molecular flexibility index (Phi) is 3.69. The van der Waals surface area contributed by atoms with Gasteiger partial charge in [0.25, 0.3) is 0 Å². The molecular weight excluding hydrogens is 236 g/mol. The summed E-state index contributed by atoms with van der Waals surface area (Å²) in [5.74, 6) is 0.200. The molecule has 94 valence electrons. The third-order valence-electron chi connectivity index (χ3n) is 2.84. The van der Waals surface area contributed by atoms with Crippen LogP contribution in [-0.4, -0.2) is 26.8 Å². The lowest BCUT2D eigenvalue weighted by molar-refractivity contribution is 0.547. The largest absolute Gasteiger partial charge is 0.383 e. The second-order valence-corrected chi connectivity index (χ2v) is 6.25. The van der Waals surface area contributed by atoms with E-state index in [-0.39, 0.29) is 11.8 Å². The van der Waals surface area contributed by atoms with Crippen LogP contribution in [0.25, 0.3) is 0 Å². The third-order valence-corrected chi connectivity index (χ3v) is 4.48. The maximum atomic E-state index is 11.7. The van der Waals surface area contributed by atoms with E-state index in [2.05, 4.69) is 10.0 Å². The van der Waals surface area contributed by atoms with Gasteiger partial charge in [-0.1, -0.05) is 25.1 Å². The summed E-state index contributed by atoms with van der Waals surface area (Å²) in [6, 6.07) is 7.97.